The lowest BCUT2D eigenvalue weighted by Crippen LogP contribution is -2.24. The van der Waals surface area contributed by atoms with E-state index in [1.54, 1.807) is 54.7 Å². The summed E-state index contributed by atoms with van der Waals surface area (Å²) in [5, 5.41) is 11.4. The fourth-order valence-electron chi connectivity index (χ4n) is 3.69. The van der Waals surface area contributed by atoms with Crippen LogP contribution in [0.4, 0.5) is 19.1 Å². The van der Waals surface area contributed by atoms with Crippen molar-refractivity contribution in [1.29, 1.82) is 0 Å². The van der Waals surface area contributed by atoms with Gasteiger partial charge in [0.05, 0.1) is 24.5 Å². The molecule has 0 amide bonds. The molecule has 0 aliphatic heterocycles. The van der Waals surface area contributed by atoms with Crippen LogP contribution in [0.1, 0.15) is 1.43 Å². The van der Waals surface area contributed by atoms with Crippen molar-refractivity contribution in [2.45, 2.75) is 6.18 Å². The topological polar surface area (TPSA) is 94.8 Å². The summed E-state index contributed by atoms with van der Waals surface area (Å²) in [7, 11) is 1.52. The number of alkyl halides is 3. The van der Waals surface area contributed by atoms with Crippen LogP contribution >= 0.6 is 0 Å². The summed E-state index contributed by atoms with van der Waals surface area (Å²) in [6.45, 7) is -1.30. The van der Waals surface area contributed by atoms with Crippen LogP contribution in [0.15, 0.2) is 71.8 Å². The number of benzene rings is 2. The lowest BCUT2D eigenvalue weighted by atomic mass is 10.0. The molecule has 0 spiro atoms. The van der Waals surface area contributed by atoms with E-state index in [1.165, 1.54) is 17.9 Å². The highest BCUT2D eigenvalue weighted by molar-refractivity contribution is 5.87. The maximum Gasteiger partial charge on any atom is 0.405 e. The second kappa shape index (κ2) is 8.67. The van der Waals surface area contributed by atoms with Gasteiger partial charge in [0.1, 0.15) is 12.3 Å². The highest BCUT2D eigenvalue weighted by atomic mass is 19.4. The Kier molecular flexibility index (Phi) is 5.51. The summed E-state index contributed by atoms with van der Waals surface area (Å²) in [6, 6.07) is 15.5. The van der Waals surface area contributed by atoms with Crippen molar-refractivity contribution in [3.8, 4) is 22.6 Å². The number of rotatable bonds is 5. The third-order valence-corrected chi connectivity index (χ3v) is 5.34. The number of methoxy groups -OCH3 is 1. The average Bonchev–Trinajstić information content (AvgIpc) is 2.86. The number of nitrogens with one attached hydrogen (secondary N) is 1. The van der Waals surface area contributed by atoms with Crippen LogP contribution in [0.3, 0.4) is 0 Å². The van der Waals surface area contributed by atoms with Gasteiger partial charge >= 0.3 is 6.18 Å². The number of fused-ring (bicyclic) bond motifs is 2. The molecular formula is C24H19F3N6O2. The summed E-state index contributed by atoms with van der Waals surface area (Å²) in [6.07, 6.45) is -1.50. The molecule has 8 nitrogen and oxygen atoms in total. The van der Waals surface area contributed by atoms with Crippen LogP contribution in [0.5, 0.6) is 5.75 Å². The quantitative estimate of drug-likeness (QED) is 0.392. The number of aromatic nitrogens is 5. The van der Waals surface area contributed by atoms with E-state index < -0.39 is 18.3 Å². The van der Waals surface area contributed by atoms with Crippen LogP contribution in [0, 0.1) is 0 Å². The molecule has 0 saturated heterocycles. The number of hydrogen-bond acceptors (Lipinski definition) is 7. The number of pyridine rings is 1. The van der Waals surface area contributed by atoms with Crippen LogP contribution in [0.25, 0.3) is 38.8 Å². The SMILES string of the molecule is COc1ccc(-n2c(=O)c(-c3ccc4nnccc4c3)cc3cnc(NCC(F)(F)F)nc32)cc1.[HH]. The number of hydrogen-bond donors (Lipinski definition) is 1. The van der Waals surface area contributed by atoms with Gasteiger partial charge < -0.3 is 10.1 Å². The minimum absolute atomic E-state index is 0. The molecule has 5 aromatic rings. The summed E-state index contributed by atoms with van der Waals surface area (Å²) in [5.74, 6) is 0.341. The van der Waals surface area contributed by atoms with Crippen molar-refractivity contribution >= 4 is 27.9 Å². The Morgan fingerprint density at radius 2 is 1.86 bits per heavy atom. The van der Waals surface area contributed by atoms with Gasteiger partial charge in [0.2, 0.25) is 5.95 Å². The number of anilines is 1. The summed E-state index contributed by atoms with van der Waals surface area (Å²) >= 11 is 0. The Bertz CT molecular complexity index is 1610. The van der Waals surface area contributed by atoms with Gasteiger partial charge in [0.15, 0.2) is 5.65 Å². The molecule has 0 atom stereocenters. The van der Waals surface area contributed by atoms with Crippen LogP contribution in [-0.2, 0) is 0 Å². The molecular weight excluding hydrogens is 461 g/mol. The molecule has 0 aliphatic carbocycles. The van der Waals surface area contributed by atoms with E-state index in [2.05, 4.69) is 25.5 Å². The van der Waals surface area contributed by atoms with Crippen molar-refractivity contribution in [3.63, 3.8) is 0 Å². The standard InChI is InChI=1S/C24H17F3N6O2.H2/c1-35-18-5-3-17(4-6-18)33-21-16(12-28-23(31-21)29-13-24(25,26)27)11-19(22(33)34)14-2-7-20-15(10-14)8-9-30-32-20;/h2-12H,13H2,1H3,(H,28,29,31);1H. The molecule has 0 saturated carbocycles. The first-order valence-electron chi connectivity index (χ1n) is 10.4. The van der Waals surface area contributed by atoms with Gasteiger partial charge in [-0.2, -0.15) is 28.4 Å². The van der Waals surface area contributed by atoms with E-state index in [1.807, 2.05) is 6.07 Å². The Labute approximate surface area is 197 Å². The zero-order valence-electron chi connectivity index (χ0n) is 18.2. The van der Waals surface area contributed by atoms with Crippen molar-refractivity contribution in [3.05, 3.63) is 77.3 Å². The smallest absolute Gasteiger partial charge is 0.405 e. The van der Waals surface area contributed by atoms with Gasteiger partial charge in [-0.05, 0) is 54.1 Å². The molecule has 1 N–H and O–H groups in total. The van der Waals surface area contributed by atoms with Gasteiger partial charge in [0, 0.05) is 24.0 Å². The molecule has 0 radical (unpaired) electrons. The lowest BCUT2D eigenvalue weighted by molar-refractivity contribution is -0.115. The molecule has 178 valence electrons. The Morgan fingerprint density at radius 1 is 1.06 bits per heavy atom. The second-order valence-electron chi connectivity index (χ2n) is 7.64. The van der Waals surface area contributed by atoms with Crippen molar-refractivity contribution in [2.24, 2.45) is 0 Å². The fraction of sp³-hybridized carbons (Fsp3) is 0.125. The van der Waals surface area contributed by atoms with E-state index in [4.69, 9.17) is 4.74 Å². The summed E-state index contributed by atoms with van der Waals surface area (Å²) in [4.78, 5) is 22.0. The van der Waals surface area contributed by atoms with Gasteiger partial charge in [-0.1, -0.05) is 6.07 Å². The minimum Gasteiger partial charge on any atom is -0.497 e. The van der Waals surface area contributed by atoms with E-state index in [-0.39, 0.29) is 13.0 Å². The van der Waals surface area contributed by atoms with E-state index in [0.29, 0.717) is 33.5 Å². The van der Waals surface area contributed by atoms with E-state index in [0.717, 1.165) is 5.39 Å². The molecule has 11 heteroatoms. The first-order chi connectivity index (χ1) is 16.8. The predicted octanol–water partition coefficient (Wildman–Crippen LogP) is 4.62. The minimum atomic E-state index is -4.45. The third kappa shape index (κ3) is 4.47. The number of ether oxygens (including phenoxy) is 1. The van der Waals surface area contributed by atoms with Gasteiger partial charge in [-0.15, -0.1) is 0 Å². The average molecular weight is 480 g/mol. The maximum atomic E-state index is 13.7. The monoisotopic (exact) mass is 480 g/mol. The molecule has 5 rings (SSSR count). The van der Waals surface area contributed by atoms with Crippen molar-refractivity contribution in [1.82, 2.24) is 24.7 Å². The molecule has 0 aliphatic rings. The normalized spacial score (nSPS) is 11.7. The Morgan fingerprint density at radius 3 is 2.60 bits per heavy atom. The van der Waals surface area contributed by atoms with E-state index in [9.17, 15) is 18.0 Å². The zero-order valence-corrected chi connectivity index (χ0v) is 18.2. The Balaban J connectivity index is 0.00000304. The molecule has 3 heterocycles. The molecule has 3 aromatic heterocycles. The van der Waals surface area contributed by atoms with E-state index >= 15 is 0 Å². The van der Waals surface area contributed by atoms with Crippen molar-refractivity contribution < 1.29 is 19.3 Å². The molecule has 35 heavy (non-hydrogen) atoms. The molecule has 0 unspecified atom stereocenters. The molecule has 2 aromatic carbocycles. The lowest BCUT2D eigenvalue weighted by Gasteiger charge is -2.14. The van der Waals surface area contributed by atoms with Gasteiger partial charge in [0.25, 0.3) is 5.56 Å². The highest BCUT2D eigenvalue weighted by Gasteiger charge is 2.27. The van der Waals surface area contributed by atoms with Crippen LogP contribution in [-0.4, -0.2) is 44.6 Å². The molecule has 0 fully saturated rings. The third-order valence-electron chi connectivity index (χ3n) is 5.34. The first-order valence-corrected chi connectivity index (χ1v) is 10.4. The largest absolute Gasteiger partial charge is 0.497 e. The maximum absolute atomic E-state index is 13.7. The Hall–Kier alpha value is -4.54. The van der Waals surface area contributed by atoms with Crippen molar-refractivity contribution in [2.75, 3.05) is 19.0 Å². The summed E-state index contributed by atoms with van der Waals surface area (Å²) in [5.41, 5.74) is 1.91. The van der Waals surface area contributed by atoms with Gasteiger partial charge in [-0.3, -0.25) is 9.36 Å². The predicted molar refractivity (Wildman–Crippen MR) is 127 cm³/mol. The molecule has 0 bridgehead atoms. The van der Waals surface area contributed by atoms with Gasteiger partial charge in [-0.25, -0.2) is 4.98 Å². The first kappa shape index (κ1) is 22.3. The number of halogens is 3. The highest BCUT2D eigenvalue weighted by Crippen LogP contribution is 2.26. The second-order valence-corrected chi connectivity index (χ2v) is 7.64. The summed E-state index contributed by atoms with van der Waals surface area (Å²) < 4.78 is 44.6. The number of nitrogens with zero attached hydrogens (tertiary/aromatic N) is 5. The fourth-order valence-corrected chi connectivity index (χ4v) is 3.69. The van der Waals surface area contributed by atoms with Crippen LogP contribution in [0.2, 0.25) is 0 Å². The van der Waals surface area contributed by atoms with Crippen LogP contribution < -0.4 is 15.6 Å². The zero-order chi connectivity index (χ0) is 24.6.